The monoisotopic (exact) mass is 294 g/mol. The Kier molecular flexibility index (Phi) is 4.45. The van der Waals surface area contributed by atoms with Crippen molar-refractivity contribution in [1.29, 1.82) is 0 Å². The second kappa shape index (κ2) is 6.08. The van der Waals surface area contributed by atoms with Crippen molar-refractivity contribution in [2.75, 3.05) is 19.3 Å². The first-order chi connectivity index (χ1) is 9.08. The van der Waals surface area contributed by atoms with E-state index in [0.29, 0.717) is 22.8 Å². The van der Waals surface area contributed by atoms with Crippen LogP contribution in [0.15, 0.2) is 35.7 Å². The third-order valence-electron chi connectivity index (χ3n) is 2.87. The van der Waals surface area contributed by atoms with Crippen molar-refractivity contribution in [3.8, 4) is 0 Å². The summed E-state index contributed by atoms with van der Waals surface area (Å²) >= 11 is 7.63. The molecule has 2 aromatic rings. The van der Waals surface area contributed by atoms with Gasteiger partial charge in [0.2, 0.25) is 0 Å². The summed E-state index contributed by atoms with van der Waals surface area (Å²) in [6.45, 7) is 0.682. The Morgan fingerprint density at radius 3 is 2.84 bits per heavy atom. The van der Waals surface area contributed by atoms with Gasteiger partial charge in [0.25, 0.3) is 5.91 Å². The summed E-state index contributed by atoms with van der Waals surface area (Å²) < 4.78 is 0. The lowest BCUT2D eigenvalue weighted by atomic mass is 10.2. The summed E-state index contributed by atoms with van der Waals surface area (Å²) in [5, 5.41) is 2.45. The van der Waals surface area contributed by atoms with Crippen LogP contribution in [0.1, 0.15) is 15.2 Å². The number of benzene rings is 1. The molecule has 0 saturated heterocycles. The molecule has 0 unspecified atom stereocenters. The highest BCUT2D eigenvalue weighted by atomic mass is 35.5. The number of thiophene rings is 1. The van der Waals surface area contributed by atoms with E-state index >= 15 is 0 Å². The number of anilines is 1. The molecule has 0 bridgehead atoms. The Morgan fingerprint density at radius 2 is 2.21 bits per heavy atom. The molecule has 0 fully saturated rings. The SMILES string of the molecule is CN(CCc1cccs1)C(=O)c1ccc(N)c(Cl)c1. The van der Waals surface area contributed by atoms with Gasteiger partial charge in [0.05, 0.1) is 10.7 Å². The third-order valence-corrected chi connectivity index (χ3v) is 4.13. The minimum Gasteiger partial charge on any atom is -0.398 e. The Bertz CT molecular complexity index is 569. The molecular weight excluding hydrogens is 280 g/mol. The van der Waals surface area contributed by atoms with E-state index in [0.717, 1.165) is 6.42 Å². The maximum absolute atomic E-state index is 12.2. The van der Waals surface area contributed by atoms with Gasteiger partial charge in [-0.3, -0.25) is 4.79 Å². The highest BCUT2D eigenvalue weighted by molar-refractivity contribution is 7.09. The lowest BCUT2D eigenvalue weighted by Crippen LogP contribution is -2.28. The second-order valence-corrected chi connectivity index (χ2v) is 5.73. The quantitative estimate of drug-likeness (QED) is 0.880. The molecule has 1 amide bonds. The van der Waals surface area contributed by atoms with E-state index in [1.807, 2.05) is 11.4 Å². The van der Waals surface area contributed by atoms with Crippen LogP contribution in [0.4, 0.5) is 5.69 Å². The van der Waals surface area contributed by atoms with Crippen molar-refractivity contribution in [2.24, 2.45) is 0 Å². The first-order valence-corrected chi connectivity index (χ1v) is 7.16. The van der Waals surface area contributed by atoms with E-state index in [1.54, 1.807) is 41.5 Å². The summed E-state index contributed by atoms with van der Waals surface area (Å²) in [7, 11) is 1.79. The summed E-state index contributed by atoms with van der Waals surface area (Å²) in [6.07, 6.45) is 0.864. The molecule has 1 aromatic carbocycles. The summed E-state index contributed by atoms with van der Waals surface area (Å²) in [6, 6.07) is 9.05. The van der Waals surface area contributed by atoms with Crippen molar-refractivity contribution in [2.45, 2.75) is 6.42 Å². The van der Waals surface area contributed by atoms with Crippen LogP contribution in [-0.4, -0.2) is 24.4 Å². The van der Waals surface area contributed by atoms with Gasteiger partial charge in [-0.1, -0.05) is 17.7 Å². The van der Waals surface area contributed by atoms with Crippen LogP contribution in [0.2, 0.25) is 5.02 Å². The zero-order valence-electron chi connectivity index (χ0n) is 10.6. The molecule has 2 N–H and O–H groups in total. The van der Waals surface area contributed by atoms with Crippen LogP contribution >= 0.6 is 22.9 Å². The molecule has 0 radical (unpaired) electrons. The van der Waals surface area contributed by atoms with Crippen LogP contribution in [-0.2, 0) is 6.42 Å². The van der Waals surface area contributed by atoms with Crippen molar-refractivity contribution < 1.29 is 4.79 Å². The smallest absolute Gasteiger partial charge is 0.253 e. The van der Waals surface area contributed by atoms with Gasteiger partial charge in [-0.25, -0.2) is 0 Å². The molecule has 19 heavy (non-hydrogen) atoms. The Morgan fingerprint density at radius 1 is 1.42 bits per heavy atom. The fourth-order valence-corrected chi connectivity index (χ4v) is 2.59. The van der Waals surface area contributed by atoms with Gasteiger partial charge < -0.3 is 10.6 Å². The average Bonchev–Trinajstić information content (AvgIpc) is 2.91. The van der Waals surface area contributed by atoms with E-state index in [4.69, 9.17) is 17.3 Å². The average molecular weight is 295 g/mol. The number of amides is 1. The molecule has 1 aromatic heterocycles. The van der Waals surface area contributed by atoms with Gasteiger partial charge in [-0.2, -0.15) is 0 Å². The van der Waals surface area contributed by atoms with Gasteiger partial charge >= 0.3 is 0 Å². The predicted molar refractivity (Wildman–Crippen MR) is 80.8 cm³/mol. The molecule has 0 atom stereocenters. The summed E-state index contributed by atoms with van der Waals surface area (Å²) in [4.78, 5) is 15.2. The van der Waals surface area contributed by atoms with Crippen LogP contribution in [0, 0.1) is 0 Å². The number of carbonyl (C=O) groups is 1. The Balaban J connectivity index is 2.00. The molecule has 100 valence electrons. The van der Waals surface area contributed by atoms with Crippen molar-refractivity contribution in [3.05, 3.63) is 51.2 Å². The van der Waals surface area contributed by atoms with E-state index in [1.165, 1.54) is 4.88 Å². The van der Waals surface area contributed by atoms with E-state index in [-0.39, 0.29) is 5.91 Å². The normalized spacial score (nSPS) is 10.4. The molecule has 2 rings (SSSR count). The number of halogens is 1. The molecule has 5 heteroatoms. The summed E-state index contributed by atoms with van der Waals surface area (Å²) in [5.74, 6) is -0.0431. The van der Waals surface area contributed by atoms with Crippen LogP contribution < -0.4 is 5.73 Å². The number of rotatable bonds is 4. The fourth-order valence-electron chi connectivity index (χ4n) is 1.71. The number of nitrogen functional groups attached to an aromatic ring is 1. The fraction of sp³-hybridized carbons (Fsp3) is 0.214. The number of carbonyl (C=O) groups excluding carboxylic acids is 1. The van der Waals surface area contributed by atoms with Crippen LogP contribution in [0.3, 0.4) is 0 Å². The van der Waals surface area contributed by atoms with E-state index in [2.05, 4.69) is 6.07 Å². The van der Waals surface area contributed by atoms with Gasteiger partial charge in [-0.05, 0) is 36.1 Å². The third kappa shape index (κ3) is 3.49. The lowest BCUT2D eigenvalue weighted by molar-refractivity contribution is 0.0797. The molecule has 1 heterocycles. The highest BCUT2D eigenvalue weighted by Gasteiger charge is 2.12. The number of hydrogen-bond donors (Lipinski definition) is 1. The molecule has 0 spiro atoms. The Hall–Kier alpha value is -1.52. The molecule has 0 saturated carbocycles. The van der Waals surface area contributed by atoms with Crippen molar-refractivity contribution in [3.63, 3.8) is 0 Å². The van der Waals surface area contributed by atoms with E-state index < -0.39 is 0 Å². The number of likely N-dealkylation sites (N-methyl/N-ethyl adjacent to an activating group) is 1. The number of nitrogens with zero attached hydrogens (tertiary/aromatic N) is 1. The molecule has 3 nitrogen and oxygen atoms in total. The highest BCUT2D eigenvalue weighted by Crippen LogP contribution is 2.20. The van der Waals surface area contributed by atoms with Crippen LogP contribution in [0.5, 0.6) is 0 Å². The minimum absolute atomic E-state index is 0.0431. The number of hydrogen-bond acceptors (Lipinski definition) is 3. The second-order valence-electron chi connectivity index (χ2n) is 4.29. The minimum atomic E-state index is -0.0431. The molecule has 0 aliphatic rings. The predicted octanol–water partition coefficient (Wildman–Crippen LogP) is 3.30. The largest absolute Gasteiger partial charge is 0.398 e. The van der Waals surface area contributed by atoms with Crippen LogP contribution in [0.25, 0.3) is 0 Å². The van der Waals surface area contributed by atoms with Gasteiger partial charge in [0.1, 0.15) is 0 Å². The standard InChI is InChI=1S/C14H15ClN2OS/c1-17(7-6-11-3-2-8-19-11)14(18)10-4-5-13(16)12(15)9-10/h2-5,8-9H,6-7,16H2,1H3. The zero-order valence-corrected chi connectivity index (χ0v) is 12.2. The zero-order chi connectivity index (χ0) is 13.8. The first-order valence-electron chi connectivity index (χ1n) is 5.91. The number of nitrogens with two attached hydrogens (primary N) is 1. The Labute approximate surface area is 121 Å². The van der Waals surface area contributed by atoms with Gasteiger partial charge in [-0.15, -0.1) is 11.3 Å². The lowest BCUT2D eigenvalue weighted by Gasteiger charge is -2.17. The van der Waals surface area contributed by atoms with Gasteiger partial charge in [0, 0.05) is 24.0 Å². The molecular formula is C14H15ClN2OS. The first kappa shape index (κ1) is 13.9. The summed E-state index contributed by atoms with van der Waals surface area (Å²) in [5.41, 5.74) is 6.68. The van der Waals surface area contributed by atoms with E-state index in [9.17, 15) is 4.79 Å². The maximum Gasteiger partial charge on any atom is 0.253 e. The van der Waals surface area contributed by atoms with Gasteiger partial charge in [0.15, 0.2) is 0 Å². The topological polar surface area (TPSA) is 46.3 Å². The molecule has 0 aliphatic heterocycles. The molecule has 0 aliphatic carbocycles. The van der Waals surface area contributed by atoms with Crippen molar-refractivity contribution in [1.82, 2.24) is 4.90 Å². The van der Waals surface area contributed by atoms with Crippen molar-refractivity contribution >= 4 is 34.5 Å². The maximum atomic E-state index is 12.2.